The Kier molecular flexibility index (Phi) is 8.30. The van der Waals surface area contributed by atoms with Crippen molar-refractivity contribution in [1.82, 2.24) is 34.9 Å². The van der Waals surface area contributed by atoms with Crippen LogP contribution >= 0.6 is 0 Å². The van der Waals surface area contributed by atoms with E-state index in [1.165, 1.54) is 0 Å². The molecule has 48 heavy (non-hydrogen) atoms. The maximum atomic E-state index is 14.0. The van der Waals surface area contributed by atoms with Gasteiger partial charge in [-0.25, -0.2) is 4.98 Å². The van der Waals surface area contributed by atoms with Gasteiger partial charge in [0.25, 0.3) is 5.91 Å². The summed E-state index contributed by atoms with van der Waals surface area (Å²) in [4.78, 5) is 54.1. The van der Waals surface area contributed by atoms with Crippen molar-refractivity contribution in [3.63, 3.8) is 0 Å². The number of ether oxygens (including phenoxy) is 1. The van der Waals surface area contributed by atoms with Gasteiger partial charge in [0.15, 0.2) is 0 Å². The van der Waals surface area contributed by atoms with Crippen LogP contribution in [0.5, 0.6) is 0 Å². The molecule has 248 valence electrons. The molecule has 1 spiro atoms. The Balaban J connectivity index is 1.21. The second-order valence-corrected chi connectivity index (χ2v) is 13.3. The summed E-state index contributed by atoms with van der Waals surface area (Å²) in [6.45, 7) is 4.82. The molecule has 3 amide bonds. The van der Waals surface area contributed by atoms with Gasteiger partial charge in [-0.15, -0.1) is 0 Å². The minimum Gasteiger partial charge on any atom is -0.376 e. The molecule has 3 aromatic heterocycles. The summed E-state index contributed by atoms with van der Waals surface area (Å²) >= 11 is 0. The first kappa shape index (κ1) is 31.6. The molecule has 0 saturated heterocycles. The number of likely N-dealkylation sites (N-methyl/N-ethyl adjacent to an activating group) is 2. The van der Waals surface area contributed by atoms with E-state index in [9.17, 15) is 14.4 Å². The minimum atomic E-state index is -0.826. The third-order valence-electron chi connectivity index (χ3n) is 9.85. The zero-order chi connectivity index (χ0) is 33.6. The molecule has 0 fully saturated rings. The molecule has 1 aliphatic carbocycles. The molecule has 3 aliphatic rings. The first-order chi connectivity index (χ1) is 23.1. The van der Waals surface area contributed by atoms with E-state index in [-0.39, 0.29) is 17.5 Å². The van der Waals surface area contributed by atoms with E-state index in [0.717, 1.165) is 44.3 Å². The van der Waals surface area contributed by atoms with Gasteiger partial charge in [0.05, 0.1) is 30.3 Å². The smallest absolute Gasteiger partial charge is 0.270 e. The SMILES string of the molecule is Cc1cc(C[C@H]2NC(=O)c3cc4c(cn3)C[C@@]3(C4)C(=O)Nc4ncc(cc43)/C=C/COCCN(C)CCN(C)C2=O)cc2cnn(C)c12. The average molecular weight is 649 g/mol. The molecule has 12 nitrogen and oxygen atoms in total. The molecule has 12 heteroatoms. The normalized spacial score (nSPS) is 22.8. The van der Waals surface area contributed by atoms with Crippen molar-refractivity contribution in [3.05, 3.63) is 88.0 Å². The number of aromatic nitrogens is 4. The van der Waals surface area contributed by atoms with E-state index in [1.807, 2.05) is 62.2 Å². The van der Waals surface area contributed by atoms with E-state index in [0.29, 0.717) is 57.9 Å². The fourth-order valence-electron chi connectivity index (χ4n) is 7.20. The van der Waals surface area contributed by atoms with Crippen LogP contribution in [0.4, 0.5) is 5.82 Å². The summed E-state index contributed by atoms with van der Waals surface area (Å²) in [6, 6.07) is 7.02. The van der Waals surface area contributed by atoms with E-state index >= 15 is 0 Å². The Morgan fingerprint density at radius 1 is 0.958 bits per heavy atom. The van der Waals surface area contributed by atoms with Crippen LogP contribution < -0.4 is 10.6 Å². The number of pyridine rings is 2. The predicted molar refractivity (Wildman–Crippen MR) is 182 cm³/mol. The van der Waals surface area contributed by atoms with Gasteiger partial charge in [0.2, 0.25) is 11.8 Å². The Morgan fingerprint density at radius 2 is 1.79 bits per heavy atom. The molecule has 2 aliphatic heterocycles. The fraction of sp³-hybridized carbons (Fsp3) is 0.389. The lowest BCUT2D eigenvalue weighted by Gasteiger charge is -2.27. The maximum absolute atomic E-state index is 14.0. The number of hydrogen-bond acceptors (Lipinski definition) is 8. The highest BCUT2D eigenvalue weighted by molar-refractivity contribution is 6.06. The van der Waals surface area contributed by atoms with Crippen molar-refractivity contribution >= 4 is 40.5 Å². The largest absolute Gasteiger partial charge is 0.376 e. The number of benzene rings is 1. The van der Waals surface area contributed by atoms with Gasteiger partial charge < -0.3 is 25.2 Å². The molecule has 1 aromatic carbocycles. The maximum Gasteiger partial charge on any atom is 0.270 e. The van der Waals surface area contributed by atoms with Crippen molar-refractivity contribution in [2.45, 2.75) is 37.6 Å². The quantitative estimate of drug-likeness (QED) is 0.339. The topological polar surface area (TPSA) is 135 Å². The highest BCUT2D eigenvalue weighted by Crippen LogP contribution is 2.47. The van der Waals surface area contributed by atoms with Crippen LogP contribution in [0, 0.1) is 6.92 Å². The molecule has 0 unspecified atom stereocenters. The first-order valence-electron chi connectivity index (χ1n) is 16.3. The summed E-state index contributed by atoms with van der Waals surface area (Å²) < 4.78 is 7.69. The molecule has 2 atom stereocenters. The van der Waals surface area contributed by atoms with Crippen LogP contribution in [0.3, 0.4) is 0 Å². The second kappa shape index (κ2) is 12.6. The van der Waals surface area contributed by atoms with Crippen LogP contribution in [0.25, 0.3) is 17.0 Å². The Bertz CT molecular complexity index is 1970. The number of hydrogen-bond donors (Lipinski definition) is 2. The average Bonchev–Trinajstić information content (AvgIpc) is 3.72. The molecular weight excluding hydrogens is 608 g/mol. The molecule has 4 aromatic rings. The van der Waals surface area contributed by atoms with Crippen LogP contribution in [-0.4, -0.2) is 100 Å². The predicted octanol–water partition coefficient (Wildman–Crippen LogP) is 2.44. The van der Waals surface area contributed by atoms with Crippen molar-refractivity contribution in [2.24, 2.45) is 7.05 Å². The summed E-state index contributed by atoms with van der Waals surface area (Å²) in [7, 11) is 5.67. The highest BCUT2D eigenvalue weighted by atomic mass is 16.5. The lowest BCUT2D eigenvalue weighted by molar-refractivity contribution is -0.132. The van der Waals surface area contributed by atoms with E-state index in [4.69, 9.17) is 4.74 Å². The highest BCUT2D eigenvalue weighted by Gasteiger charge is 2.51. The monoisotopic (exact) mass is 648 g/mol. The number of rotatable bonds is 2. The van der Waals surface area contributed by atoms with Crippen LogP contribution in [0.15, 0.2) is 48.9 Å². The molecule has 2 N–H and O–H groups in total. The second-order valence-electron chi connectivity index (χ2n) is 13.3. The first-order valence-corrected chi connectivity index (χ1v) is 16.3. The molecule has 5 bridgehead atoms. The van der Waals surface area contributed by atoms with Crippen molar-refractivity contribution in [1.29, 1.82) is 0 Å². The van der Waals surface area contributed by atoms with E-state index in [2.05, 4.69) is 30.6 Å². The molecular formula is C36H40N8O4. The van der Waals surface area contributed by atoms with E-state index < -0.39 is 17.4 Å². The van der Waals surface area contributed by atoms with Gasteiger partial charge in [0.1, 0.15) is 17.6 Å². The van der Waals surface area contributed by atoms with Gasteiger partial charge in [-0.2, -0.15) is 5.10 Å². The Labute approximate surface area is 279 Å². The van der Waals surface area contributed by atoms with Gasteiger partial charge in [-0.1, -0.05) is 18.2 Å². The third kappa shape index (κ3) is 5.86. The summed E-state index contributed by atoms with van der Waals surface area (Å²) in [5, 5.41) is 11.4. The van der Waals surface area contributed by atoms with Crippen LogP contribution in [0.1, 0.15) is 43.9 Å². The number of fused-ring (bicyclic) bond motifs is 3. The molecule has 7 rings (SSSR count). The number of carbonyl (C=O) groups is 3. The number of anilines is 1. The van der Waals surface area contributed by atoms with Gasteiger partial charge in [0, 0.05) is 63.5 Å². The van der Waals surface area contributed by atoms with Gasteiger partial charge >= 0.3 is 0 Å². The number of nitrogens with one attached hydrogen (secondary N) is 2. The van der Waals surface area contributed by atoms with Gasteiger partial charge in [-0.05, 0) is 72.8 Å². The van der Waals surface area contributed by atoms with Gasteiger partial charge in [-0.3, -0.25) is 24.0 Å². The zero-order valence-electron chi connectivity index (χ0n) is 27.7. The van der Waals surface area contributed by atoms with Crippen molar-refractivity contribution in [2.75, 3.05) is 52.3 Å². The lowest BCUT2D eigenvalue weighted by atomic mass is 9.79. The van der Waals surface area contributed by atoms with E-state index in [1.54, 1.807) is 30.4 Å². The standard InChI is InChI=1S/C36H40N8O4/c1-22-12-24(13-26-21-39-44(4)31(22)26)15-30-34(46)43(3)8-7-42(2)9-11-48-10-5-6-23-14-28-32(38-19-23)41-35(47)36(28)17-25-16-29(33(45)40-30)37-20-27(25)18-36/h5-6,12-14,16,19-21,30H,7-11,15,17-18H2,1-4H3,(H,40,45)(H,38,41,47)/b6-5+/t30-,36-/m1/s1. The molecule has 5 heterocycles. The van der Waals surface area contributed by atoms with Crippen LogP contribution in [-0.2, 0) is 46.1 Å². The van der Waals surface area contributed by atoms with Crippen molar-refractivity contribution in [3.8, 4) is 0 Å². The fourth-order valence-corrected chi connectivity index (χ4v) is 7.20. The van der Waals surface area contributed by atoms with Crippen LogP contribution in [0.2, 0.25) is 0 Å². The summed E-state index contributed by atoms with van der Waals surface area (Å²) in [5.74, 6) is -0.169. The Morgan fingerprint density at radius 3 is 2.65 bits per heavy atom. The number of carbonyl (C=O) groups excluding carboxylic acids is 3. The zero-order valence-corrected chi connectivity index (χ0v) is 27.7. The Hall–Kier alpha value is -4.94. The molecule has 0 saturated carbocycles. The summed E-state index contributed by atoms with van der Waals surface area (Å²) in [5.41, 5.74) is 5.91. The number of amides is 3. The summed E-state index contributed by atoms with van der Waals surface area (Å²) in [6.07, 6.45) is 10.3. The van der Waals surface area contributed by atoms with Crippen molar-refractivity contribution < 1.29 is 19.1 Å². The number of aryl methyl sites for hydroxylation is 2. The lowest BCUT2D eigenvalue weighted by Crippen LogP contribution is -2.50. The third-order valence-corrected chi connectivity index (χ3v) is 9.85. The number of nitrogens with zero attached hydrogens (tertiary/aromatic N) is 6. The molecule has 0 radical (unpaired) electrons. The minimum absolute atomic E-state index is 0.107.